The predicted octanol–water partition coefficient (Wildman–Crippen LogP) is 4.59. The molecule has 1 atom stereocenters. The molecule has 0 N–H and O–H groups in total. The van der Waals surface area contributed by atoms with Gasteiger partial charge in [0, 0.05) is 41.9 Å². The van der Waals surface area contributed by atoms with Gasteiger partial charge in [0.25, 0.3) is 17.2 Å². The van der Waals surface area contributed by atoms with E-state index in [2.05, 4.69) is 0 Å². The van der Waals surface area contributed by atoms with Gasteiger partial charge >= 0.3 is 0 Å². The molecule has 2 aromatic heterocycles. The molecule has 0 spiro atoms. The maximum Gasteiger partial charge on any atom is 0.273 e. The molecule has 42 heavy (non-hydrogen) atoms. The van der Waals surface area contributed by atoms with Gasteiger partial charge in [-0.3, -0.25) is 24.3 Å². The van der Waals surface area contributed by atoms with Crippen LogP contribution in [-0.2, 0) is 4.79 Å². The number of nitro groups is 1. The van der Waals surface area contributed by atoms with Gasteiger partial charge in [-0.15, -0.1) is 0 Å². The highest BCUT2D eigenvalue weighted by molar-refractivity contribution is 7.07. The van der Waals surface area contributed by atoms with E-state index in [9.17, 15) is 19.7 Å². The van der Waals surface area contributed by atoms with Crippen molar-refractivity contribution in [3.63, 3.8) is 0 Å². The molecule has 0 bridgehead atoms. The molecule has 1 aliphatic heterocycles. The third kappa shape index (κ3) is 4.96. The van der Waals surface area contributed by atoms with Crippen molar-refractivity contribution in [2.75, 3.05) is 20.2 Å². The van der Waals surface area contributed by atoms with Crippen LogP contribution in [0.15, 0.2) is 80.1 Å². The number of methoxy groups -OCH3 is 1. The van der Waals surface area contributed by atoms with Gasteiger partial charge < -0.3 is 14.1 Å². The van der Waals surface area contributed by atoms with E-state index in [1.165, 1.54) is 17.4 Å². The topological polar surface area (TPSA) is 120 Å². The fourth-order valence-corrected chi connectivity index (χ4v) is 6.28. The summed E-state index contributed by atoms with van der Waals surface area (Å²) in [4.78, 5) is 45.7. The number of hydrogen-bond acceptors (Lipinski definition) is 8. The van der Waals surface area contributed by atoms with E-state index < -0.39 is 11.0 Å². The molecule has 216 valence electrons. The summed E-state index contributed by atoms with van der Waals surface area (Å²) in [6.45, 7) is 8.32. The summed E-state index contributed by atoms with van der Waals surface area (Å²) in [6, 6.07) is 14.9. The Hall–Kier alpha value is -4.77. The van der Waals surface area contributed by atoms with Gasteiger partial charge in [-0.05, 0) is 45.9 Å². The maximum atomic E-state index is 14.0. The van der Waals surface area contributed by atoms with Gasteiger partial charge in [-0.2, -0.15) is 0 Å². The molecule has 0 aliphatic carbocycles. The highest BCUT2D eigenvalue weighted by Gasteiger charge is 2.35. The molecular weight excluding hydrogens is 556 g/mol. The van der Waals surface area contributed by atoms with Crippen molar-refractivity contribution < 1.29 is 18.9 Å². The maximum absolute atomic E-state index is 14.0. The molecule has 0 saturated carbocycles. The first-order valence-corrected chi connectivity index (χ1v) is 14.3. The molecule has 2 aromatic carbocycles. The van der Waals surface area contributed by atoms with E-state index in [0.717, 1.165) is 0 Å². The van der Waals surface area contributed by atoms with Gasteiger partial charge in [0.15, 0.2) is 4.80 Å². The fourth-order valence-electron chi connectivity index (χ4n) is 5.26. The van der Waals surface area contributed by atoms with Crippen molar-refractivity contribution in [3.8, 4) is 17.1 Å². The molecule has 4 aromatic rings. The predicted molar refractivity (Wildman–Crippen MR) is 160 cm³/mol. The normalized spacial score (nSPS) is 14.9. The summed E-state index contributed by atoms with van der Waals surface area (Å²) in [6.07, 6.45) is 1.63. The van der Waals surface area contributed by atoms with E-state index in [1.807, 2.05) is 32.0 Å². The summed E-state index contributed by atoms with van der Waals surface area (Å²) in [7, 11) is 1.56. The number of rotatable bonds is 8. The number of benzene rings is 2. The molecular formula is C31H30N4O6S. The van der Waals surface area contributed by atoms with E-state index in [4.69, 9.17) is 14.1 Å². The Morgan fingerprint density at radius 2 is 1.88 bits per heavy atom. The first-order valence-electron chi connectivity index (χ1n) is 13.5. The third-order valence-corrected chi connectivity index (χ3v) is 8.39. The van der Waals surface area contributed by atoms with Crippen LogP contribution in [0.5, 0.6) is 5.75 Å². The van der Waals surface area contributed by atoms with Crippen LogP contribution in [0, 0.1) is 17.0 Å². The molecule has 3 heterocycles. The minimum atomic E-state index is -0.743. The Morgan fingerprint density at radius 3 is 2.57 bits per heavy atom. The third-order valence-electron chi connectivity index (χ3n) is 7.40. The highest BCUT2D eigenvalue weighted by Crippen LogP contribution is 2.36. The number of fused-ring (bicyclic) bond motifs is 1. The average Bonchev–Trinajstić information content (AvgIpc) is 3.56. The highest BCUT2D eigenvalue weighted by atomic mass is 32.1. The monoisotopic (exact) mass is 586 g/mol. The number of likely N-dealkylation sites (N-methyl/N-ethyl adjacent to an activating group) is 1. The quantitative estimate of drug-likeness (QED) is 0.220. The molecule has 10 nitrogen and oxygen atoms in total. The zero-order chi connectivity index (χ0) is 30.1. The largest absolute Gasteiger partial charge is 0.496 e. The van der Waals surface area contributed by atoms with Crippen molar-refractivity contribution in [1.29, 1.82) is 0 Å². The lowest BCUT2D eigenvalue weighted by molar-refractivity contribution is -0.385. The minimum Gasteiger partial charge on any atom is -0.496 e. The van der Waals surface area contributed by atoms with Crippen molar-refractivity contribution >= 4 is 29.0 Å². The van der Waals surface area contributed by atoms with Gasteiger partial charge in [0.1, 0.15) is 23.3 Å². The molecule has 5 rings (SSSR count). The van der Waals surface area contributed by atoms with Gasteiger partial charge in [-0.25, -0.2) is 4.99 Å². The standard InChI is InChI=1S/C31H30N4O6S/c1-6-33(7-2)30(37)27-19(4)32-31-34(28(27)22-11-8-9-14-24(22)40-5)29(36)26(42-31)17-20-15-16-25(41-20)21-12-10-13-23(18(21)3)35(38)39/h8-17,28H,6-7H2,1-5H3/b26-17+/t28-/m1/s1. The second-order valence-corrected chi connectivity index (χ2v) is 10.7. The van der Waals surface area contributed by atoms with Crippen LogP contribution in [0.3, 0.4) is 0 Å². The number of allylic oxidation sites excluding steroid dienone is 1. The second kappa shape index (κ2) is 11.6. The number of carbonyl (C=O) groups is 1. The van der Waals surface area contributed by atoms with Gasteiger partial charge in [0.2, 0.25) is 0 Å². The first kappa shape index (κ1) is 28.7. The van der Waals surface area contributed by atoms with Crippen LogP contribution in [0.1, 0.15) is 43.7 Å². The van der Waals surface area contributed by atoms with Crippen LogP contribution in [0.25, 0.3) is 17.4 Å². The van der Waals surface area contributed by atoms with Crippen LogP contribution >= 0.6 is 11.3 Å². The van der Waals surface area contributed by atoms with Crippen LogP contribution in [0.2, 0.25) is 0 Å². The Kier molecular flexibility index (Phi) is 7.95. The van der Waals surface area contributed by atoms with Crippen LogP contribution < -0.4 is 19.6 Å². The second-order valence-electron chi connectivity index (χ2n) is 9.71. The van der Waals surface area contributed by atoms with Crippen molar-refractivity contribution in [1.82, 2.24) is 9.47 Å². The fraction of sp³-hybridized carbons (Fsp3) is 0.258. The number of furan rings is 1. The summed E-state index contributed by atoms with van der Waals surface area (Å²) in [5.41, 5.74) is 2.40. The number of nitrogens with zero attached hydrogens (tertiary/aromatic N) is 4. The molecule has 11 heteroatoms. The summed E-state index contributed by atoms with van der Waals surface area (Å²) in [5, 5.41) is 11.4. The summed E-state index contributed by atoms with van der Waals surface area (Å²) in [5.74, 6) is 1.23. The lowest BCUT2D eigenvalue weighted by atomic mass is 9.94. The molecule has 0 saturated heterocycles. The first-order chi connectivity index (χ1) is 20.2. The lowest BCUT2D eigenvalue weighted by Crippen LogP contribution is -2.43. The summed E-state index contributed by atoms with van der Waals surface area (Å²) >= 11 is 1.20. The van der Waals surface area contributed by atoms with E-state index in [-0.39, 0.29) is 17.2 Å². The minimum absolute atomic E-state index is 0.000493. The summed E-state index contributed by atoms with van der Waals surface area (Å²) < 4.78 is 13.6. The SMILES string of the molecule is CCN(CC)C(=O)C1=C(C)N=c2s/c(=C/c3ccc(-c4cccc([N+](=O)[O-])c4C)o3)c(=O)n2[C@@H]1c1ccccc1OC. The molecule has 0 radical (unpaired) electrons. The number of amides is 1. The molecule has 1 aliphatic rings. The van der Waals surface area contributed by atoms with Gasteiger partial charge in [-0.1, -0.05) is 41.7 Å². The van der Waals surface area contributed by atoms with Crippen molar-refractivity contribution in [2.45, 2.75) is 33.7 Å². The van der Waals surface area contributed by atoms with E-state index in [1.54, 1.807) is 66.8 Å². The number of aromatic nitrogens is 1. The Labute approximate surface area is 245 Å². The lowest BCUT2D eigenvalue weighted by Gasteiger charge is -2.29. The van der Waals surface area contributed by atoms with Crippen LogP contribution in [0.4, 0.5) is 5.69 Å². The smallest absolute Gasteiger partial charge is 0.273 e. The Balaban J connectivity index is 1.66. The zero-order valence-corrected chi connectivity index (χ0v) is 24.7. The van der Waals surface area contributed by atoms with Crippen molar-refractivity contribution in [3.05, 3.63) is 113 Å². The molecule has 1 amide bonds. The zero-order valence-electron chi connectivity index (χ0n) is 23.9. The molecule has 0 unspecified atom stereocenters. The average molecular weight is 587 g/mol. The number of thiazole rings is 1. The number of carbonyl (C=O) groups excluding carboxylic acids is 1. The number of nitro benzene ring substituents is 1. The van der Waals surface area contributed by atoms with E-state index in [0.29, 0.717) is 67.7 Å². The molecule has 0 fully saturated rings. The number of para-hydroxylation sites is 1. The Morgan fingerprint density at radius 1 is 1.14 bits per heavy atom. The van der Waals surface area contributed by atoms with E-state index >= 15 is 0 Å². The van der Waals surface area contributed by atoms with Crippen molar-refractivity contribution in [2.24, 2.45) is 4.99 Å². The Bertz CT molecular complexity index is 1910. The van der Waals surface area contributed by atoms with Crippen LogP contribution in [-0.4, -0.2) is 40.5 Å². The number of hydrogen-bond donors (Lipinski definition) is 0. The number of ether oxygens (including phenoxy) is 1. The van der Waals surface area contributed by atoms with Gasteiger partial charge in [0.05, 0.1) is 27.8 Å².